The lowest BCUT2D eigenvalue weighted by Crippen LogP contribution is -2.43. The average Bonchev–Trinajstić information content (AvgIpc) is 2.97. The molecule has 1 amide bonds. The van der Waals surface area contributed by atoms with Crippen LogP contribution in [0.2, 0.25) is 0 Å². The molecule has 5 heteroatoms. The Morgan fingerprint density at radius 3 is 2.48 bits per heavy atom. The summed E-state index contributed by atoms with van der Waals surface area (Å²) in [5.74, 6) is -1.02. The van der Waals surface area contributed by atoms with Gasteiger partial charge in [-0.05, 0) is 48.8 Å². The minimum absolute atomic E-state index is 0.0675. The zero-order valence-electron chi connectivity index (χ0n) is 14.3. The molecule has 1 heterocycles. The molecule has 4 nitrogen and oxygen atoms in total. The van der Waals surface area contributed by atoms with Gasteiger partial charge in [0.15, 0.2) is 0 Å². The van der Waals surface area contributed by atoms with Gasteiger partial charge in [0.1, 0.15) is 0 Å². The van der Waals surface area contributed by atoms with E-state index in [4.69, 9.17) is 0 Å². The SMILES string of the molecule is Cc1ccsc1C(Cc1ccccc1)NC(=O)CC1(C(=O)O)CCC1. The van der Waals surface area contributed by atoms with Crippen molar-refractivity contribution in [3.05, 3.63) is 57.8 Å². The molecule has 1 atom stereocenters. The van der Waals surface area contributed by atoms with Crippen molar-refractivity contribution in [3.63, 3.8) is 0 Å². The lowest BCUT2D eigenvalue weighted by molar-refractivity contribution is -0.157. The van der Waals surface area contributed by atoms with Crippen LogP contribution in [0.15, 0.2) is 41.8 Å². The van der Waals surface area contributed by atoms with Crippen molar-refractivity contribution in [2.24, 2.45) is 5.41 Å². The number of carboxylic acids is 1. The molecule has 25 heavy (non-hydrogen) atoms. The summed E-state index contributed by atoms with van der Waals surface area (Å²) in [6, 6.07) is 12.0. The van der Waals surface area contributed by atoms with Crippen molar-refractivity contribution < 1.29 is 14.7 Å². The first kappa shape index (κ1) is 17.7. The maximum atomic E-state index is 12.6. The smallest absolute Gasteiger partial charge is 0.310 e. The largest absolute Gasteiger partial charge is 0.481 e. The molecular formula is C20H23NO3S. The van der Waals surface area contributed by atoms with Crippen LogP contribution in [0.25, 0.3) is 0 Å². The number of aryl methyl sites for hydroxylation is 1. The van der Waals surface area contributed by atoms with Crippen molar-refractivity contribution in [2.75, 3.05) is 0 Å². The van der Waals surface area contributed by atoms with E-state index in [1.165, 1.54) is 0 Å². The molecule has 1 fully saturated rings. The van der Waals surface area contributed by atoms with E-state index in [9.17, 15) is 14.7 Å². The van der Waals surface area contributed by atoms with Crippen LogP contribution in [0, 0.1) is 12.3 Å². The van der Waals surface area contributed by atoms with Gasteiger partial charge in [-0.2, -0.15) is 0 Å². The summed E-state index contributed by atoms with van der Waals surface area (Å²) in [5, 5.41) is 14.6. The molecule has 2 N–H and O–H groups in total. The highest BCUT2D eigenvalue weighted by atomic mass is 32.1. The van der Waals surface area contributed by atoms with E-state index < -0.39 is 11.4 Å². The quantitative estimate of drug-likeness (QED) is 0.784. The standard InChI is InChI=1S/C20H23NO3S/c1-14-8-11-25-18(14)16(12-15-6-3-2-4-7-15)21-17(22)13-20(19(23)24)9-5-10-20/h2-4,6-8,11,16H,5,9-10,12-13H2,1H3,(H,21,22)(H,23,24). The van der Waals surface area contributed by atoms with Gasteiger partial charge in [0.2, 0.25) is 5.91 Å². The van der Waals surface area contributed by atoms with Crippen molar-refractivity contribution in [1.29, 1.82) is 0 Å². The summed E-state index contributed by atoms with van der Waals surface area (Å²) in [6.07, 6.45) is 2.84. The molecule has 1 aromatic heterocycles. The summed E-state index contributed by atoms with van der Waals surface area (Å²) >= 11 is 1.63. The summed E-state index contributed by atoms with van der Waals surface area (Å²) < 4.78 is 0. The molecule has 0 saturated heterocycles. The lowest BCUT2D eigenvalue weighted by Gasteiger charge is -2.37. The van der Waals surface area contributed by atoms with E-state index >= 15 is 0 Å². The first-order chi connectivity index (χ1) is 12.0. The second-order valence-electron chi connectivity index (χ2n) is 6.89. The normalized spacial score (nSPS) is 16.7. The van der Waals surface area contributed by atoms with Gasteiger partial charge in [-0.3, -0.25) is 9.59 Å². The van der Waals surface area contributed by atoms with Crippen LogP contribution in [0.5, 0.6) is 0 Å². The van der Waals surface area contributed by atoms with Crippen LogP contribution in [0.3, 0.4) is 0 Å². The number of benzene rings is 1. The zero-order valence-corrected chi connectivity index (χ0v) is 15.1. The summed E-state index contributed by atoms with van der Waals surface area (Å²) in [7, 11) is 0. The topological polar surface area (TPSA) is 66.4 Å². The number of carbonyl (C=O) groups is 2. The van der Waals surface area contributed by atoms with E-state index in [1.54, 1.807) is 11.3 Å². The fourth-order valence-corrected chi connectivity index (χ4v) is 4.40. The highest BCUT2D eigenvalue weighted by Gasteiger charge is 2.46. The number of aliphatic carboxylic acids is 1. The number of nitrogens with one attached hydrogen (secondary N) is 1. The zero-order chi connectivity index (χ0) is 17.9. The van der Waals surface area contributed by atoms with Gasteiger partial charge < -0.3 is 10.4 Å². The Morgan fingerprint density at radius 2 is 1.96 bits per heavy atom. The van der Waals surface area contributed by atoms with Gasteiger partial charge in [-0.1, -0.05) is 36.8 Å². The Bertz CT molecular complexity index is 749. The van der Waals surface area contributed by atoms with Crippen LogP contribution in [0.4, 0.5) is 0 Å². The predicted octanol–water partition coefficient (Wildman–Crippen LogP) is 4.10. The van der Waals surface area contributed by atoms with E-state index in [0.717, 1.165) is 22.4 Å². The highest BCUT2D eigenvalue weighted by Crippen LogP contribution is 2.44. The van der Waals surface area contributed by atoms with E-state index in [0.29, 0.717) is 19.3 Å². The highest BCUT2D eigenvalue weighted by molar-refractivity contribution is 7.10. The van der Waals surface area contributed by atoms with Crippen LogP contribution in [0.1, 0.15) is 47.7 Å². The van der Waals surface area contributed by atoms with Gasteiger partial charge in [0.25, 0.3) is 0 Å². The van der Waals surface area contributed by atoms with Gasteiger partial charge in [0.05, 0.1) is 11.5 Å². The molecule has 1 unspecified atom stereocenters. The van der Waals surface area contributed by atoms with Crippen LogP contribution in [-0.2, 0) is 16.0 Å². The number of hydrogen-bond donors (Lipinski definition) is 2. The van der Waals surface area contributed by atoms with Crippen LogP contribution >= 0.6 is 11.3 Å². The van der Waals surface area contributed by atoms with Crippen molar-refractivity contribution in [1.82, 2.24) is 5.32 Å². The van der Waals surface area contributed by atoms with E-state index in [1.807, 2.05) is 42.6 Å². The lowest BCUT2D eigenvalue weighted by atomic mass is 9.66. The summed E-state index contributed by atoms with van der Waals surface area (Å²) in [5.41, 5.74) is 1.45. The number of carboxylic acid groups (broad SMARTS) is 1. The molecule has 1 aliphatic rings. The molecule has 1 saturated carbocycles. The molecular weight excluding hydrogens is 334 g/mol. The number of carbonyl (C=O) groups excluding carboxylic acids is 1. The Kier molecular flexibility index (Phi) is 5.23. The molecule has 0 bridgehead atoms. The molecule has 132 valence electrons. The molecule has 0 spiro atoms. The van der Waals surface area contributed by atoms with Crippen molar-refractivity contribution >= 4 is 23.2 Å². The van der Waals surface area contributed by atoms with E-state index in [-0.39, 0.29) is 18.4 Å². The molecule has 2 aromatic rings. The van der Waals surface area contributed by atoms with Gasteiger partial charge >= 0.3 is 5.97 Å². The minimum atomic E-state index is -0.855. The third-order valence-electron chi connectivity index (χ3n) is 5.10. The maximum absolute atomic E-state index is 12.6. The van der Waals surface area contributed by atoms with E-state index in [2.05, 4.69) is 11.4 Å². The number of hydrogen-bond acceptors (Lipinski definition) is 3. The monoisotopic (exact) mass is 357 g/mol. The summed E-state index contributed by atoms with van der Waals surface area (Å²) in [6.45, 7) is 2.04. The second kappa shape index (κ2) is 7.40. The van der Waals surface area contributed by atoms with Crippen molar-refractivity contribution in [3.8, 4) is 0 Å². The van der Waals surface area contributed by atoms with Gasteiger partial charge in [-0.25, -0.2) is 0 Å². The average molecular weight is 357 g/mol. The molecule has 1 aromatic carbocycles. The van der Waals surface area contributed by atoms with Crippen LogP contribution < -0.4 is 5.32 Å². The maximum Gasteiger partial charge on any atom is 0.310 e. The van der Waals surface area contributed by atoms with Crippen LogP contribution in [-0.4, -0.2) is 17.0 Å². The predicted molar refractivity (Wildman–Crippen MR) is 98.6 cm³/mol. The first-order valence-electron chi connectivity index (χ1n) is 8.61. The second-order valence-corrected chi connectivity index (χ2v) is 7.84. The number of amides is 1. The van der Waals surface area contributed by atoms with Gasteiger partial charge in [-0.15, -0.1) is 11.3 Å². The Morgan fingerprint density at radius 1 is 1.24 bits per heavy atom. The first-order valence-corrected chi connectivity index (χ1v) is 9.49. The van der Waals surface area contributed by atoms with Crippen molar-refractivity contribution in [2.45, 2.75) is 45.1 Å². The third kappa shape index (κ3) is 3.93. The Labute approximate surface area is 151 Å². The minimum Gasteiger partial charge on any atom is -0.481 e. The summed E-state index contributed by atoms with van der Waals surface area (Å²) in [4.78, 5) is 25.2. The molecule has 3 rings (SSSR count). The fraction of sp³-hybridized carbons (Fsp3) is 0.400. The number of thiophene rings is 1. The molecule has 0 aliphatic heterocycles. The fourth-order valence-electron chi connectivity index (χ4n) is 3.42. The Hall–Kier alpha value is -2.14. The molecule has 0 radical (unpaired) electrons. The third-order valence-corrected chi connectivity index (χ3v) is 6.23. The Balaban J connectivity index is 1.74. The van der Waals surface area contributed by atoms with Gasteiger partial charge in [0, 0.05) is 11.3 Å². The number of rotatable bonds is 7. The molecule has 1 aliphatic carbocycles.